The summed E-state index contributed by atoms with van der Waals surface area (Å²) in [5.74, 6) is 0. The molecule has 0 spiro atoms. The lowest BCUT2D eigenvalue weighted by atomic mass is 10.1. The maximum Gasteiger partial charge on any atom is 0.283 e. The number of hydrogen-bond acceptors (Lipinski definition) is 4. The quantitative estimate of drug-likeness (QED) is 0.439. The monoisotopic (exact) mass is 296 g/mol. The number of nitrogen functional groups attached to an aromatic ring is 1. The highest BCUT2D eigenvalue weighted by Crippen LogP contribution is 2.41. The normalized spacial score (nSPS) is 10.7. The van der Waals surface area contributed by atoms with Crippen molar-refractivity contribution in [3.05, 3.63) is 70.8 Å². The third-order valence-electron chi connectivity index (χ3n) is 3.18. The van der Waals surface area contributed by atoms with Gasteiger partial charge in [-0.25, -0.2) is 0 Å². The minimum Gasteiger partial charge on any atom is -0.398 e. The SMILES string of the molecule is Nc1ccc2ccccc2c1Sc1ccccc1[N+](=O)[O-]. The predicted molar refractivity (Wildman–Crippen MR) is 85.6 cm³/mol. The van der Waals surface area contributed by atoms with E-state index in [1.165, 1.54) is 17.8 Å². The molecule has 3 aromatic carbocycles. The van der Waals surface area contributed by atoms with E-state index in [1.807, 2.05) is 36.4 Å². The van der Waals surface area contributed by atoms with Gasteiger partial charge in [0.15, 0.2) is 0 Å². The van der Waals surface area contributed by atoms with Crippen LogP contribution < -0.4 is 5.73 Å². The highest BCUT2D eigenvalue weighted by molar-refractivity contribution is 7.99. The molecule has 0 aliphatic heterocycles. The van der Waals surface area contributed by atoms with E-state index in [9.17, 15) is 10.1 Å². The second-order valence-electron chi connectivity index (χ2n) is 4.53. The summed E-state index contributed by atoms with van der Waals surface area (Å²) >= 11 is 1.33. The summed E-state index contributed by atoms with van der Waals surface area (Å²) in [5.41, 5.74) is 6.78. The van der Waals surface area contributed by atoms with Gasteiger partial charge in [0.25, 0.3) is 5.69 Å². The van der Waals surface area contributed by atoms with Crippen molar-refractivity contribution in [1.82, 2.24) is 0 Å². The topological polar surface area (TPSA) is 69.2 Å². The van der Waals surface area contributed by atoms with Gasteiger partial charge in [0.1, 0.15) is 0 Å². The van der Waals surface area contributed by atoms with E-state index >= 15 is 0 Å². The van der Waals surface area contributed by atoms with Crippen LogP contribution in [-0.2, 0) is 0 Å². The van der Waals surface area contributed by atoms with Gasteiger partial charge in [-0.05, 0) is 22.9 Å². The Bertz CT molecular complexity index is 833. The van der Waals surface area contributed by atoms with E-state index in [0.29, 0.717) is 10.6 Å². The summed E-state index contributed by atoms with van der Waals surface area (Å²) in [6.45, 7) is 0. The van der Waals surface area contributed by atoms with Gasteiger partial charge in [-0.2, -0.15) is 0 Å². The molecule has 104 valence electrons. The standard InChI is InChI=1S/C16H12N2O2S/c17-13-10-9-11-5-1-2-6-12(11)16(13)21-15-8-4-3-7-14(15)18(19)20/h1-10H,17H2. The number of nitrogens with zero attached hydrogens (tertiary/aromatic N) is 1. The van der Waals surface area contributed by atoms with Gasteiger partial charge in [-0.15, -0.1) is 0 Å². The molecule has 0 saturated carbocycles. The van der Waals surface area contributed by atoms with Crippen LogP contribution in [0, 0.1) is 10.1 Å². The molecule has 2 N–H and O–H groups in total. The number of anilines is 1. The molecule has 0 radical (unpaired) electrons. The maximum absolute atomic E-state index is 11.1. The Morgan fingerprint density at radius 3 is 2.48 bits per heavy atom. The fourth-order valence-corrected chi connectivity index (χ4v) is 3.27. The molecule has 0 amide bonds. The van der Waals surface area contributed by atoms with Crippen LogP contribution in [0.2, 0.25) is 0 Å². The molecule has 0 heterocycles. The Morgan fingerprint density at radius 2 is 1.67 bits per heavy atom. The van der Waals surface area contributed by atoms with Crippen LogP contribution in [0.1, 0.15) is 0 Å². The van der Waals surface area contributed by atoms with Crippen molar-refractivity contribution in [2.75, 3.05) is 5.73 Å². The predicted octanol–water partition coefficient (Wildman–Crippen LogP) is 4.48. The molecular formula is C16H12N2O2S. The summed E-state index contributed by atoms with van der Waals surface area (Å²) in [4.78, 5) is 12.2. The van der Waals surface area contributed by atoms with Gasteiger partial charge in [-0.3, -0.25) is 10.1 Å². The molecular weight excluding hydrogens is 284 g/mol. The van der Waals surface area contributed by atoms with Crippen LogP contribution in [0.5, 0.6) is 0 Å². The van der Waals surface area contributed by atoms with Crippen molar-refractivity contribution in [3.63, 3.8) is 0 Å². The minimum absolute atomic E-state index is 0.0924. The van der Waals surface area contributed by atoms with Gasteiger partial charge in [0.2, 0.25) is 0 Å². The van der Waals surface area contributed by atoms with Crippen LogP contribution in [0.15, 0.2) is 70.5 Å². The van der Waals surface area contributed by atoms with Crippen molar-refractivity contribution in [2.45, 2.75) is 9.79 Å². The Labute approximate surface area is 125 Å². The van der Waals surface area contributed by atoms with Crippen LogP contribution in [0.4, 0.5) is 11.4 Å². The van der Waals surface area contributed by atoms with Crippen molar-refractivity contribution < 1.29 is 4.92 Å². The van der Waals surface area contributed by atoms with E-state index in [0.717, 1.165) is 15.7 Å². The number of benzene rings is 3. The number of nitrogens with two attached hydrogens (primary N) is 1. The number of hydrogen-bond donors (Lipinski definition) is 1. The minimum atomic E-state index is -0.371. The fourth-order valence-electron chi connectivity index (χ4n) is 2.18. The number of rotatable bonds is 3. The third-order valence-corrected chi connectivity index (χ3v) is 4.41. The van der Waals surface area contributed by atoms with Crippen molar-refractivity contribution in [3.8, 4) is 0 Å². The van der Waals surface area contributed by atoms with Crippen molar-refractivity contribution in [1.29, 1.82) is 0 Å². The number of para-hydroxylation sites is 1. The van der Waals surface area contributed by atoms with Crippen LogP contribution in [0.25, 0.3) is 10.8 Å². The number of fused-ring (bicyclic) bond motifs is 1. The first kappa shape index (κ1) is 13.5. The maximum atomic E-state index is 11.1. The Balaban J connectivity index is 2.15. The average molecular weight is 296 g/mol. The Kier molecular flexibility index (Phi) is 3.50. The summed E-state index contributed by atoms with van der Waals surface area (Å²) in [6, 6.07) is 18.3. The lowest BCUT2D eigenvalue weighted by molar-refractivity contribution is -0.387. The summed E-state index contributed by atoms with van der Waals surface area (Å²) in [6.07, 6.45) is 0. The van der Waals surface area contributed by atoms with E-state index in [2.05, 4.69) is 0 Å². The highest BCUT2D eigenvalue weighted by Gasteiger charge is 2.16. The molecule has 4 nitrogen and oxygen atoms in total. The smallest absolute Gasteiger partial charge is 0.283 e. The molecule has 0 bridgehead atoms. The molecule has 0 aliphatic rings. The molecule has 0 saturated heterocycles. The van der Waals surface area contributed by atoms with E-state index in [1.54, 1.807) is 18.2 Å². The number of nitro groups is 1. The van der Waals surface area contributed by atoms with Gasteiger partial charge < -0.3 is 5.73 Å². The van der Waals surface area contributed by atoms with Crippen LogP contribution in [-0.4, -0.2) is 4.92 Å². The highest BCUT2D eigenvalue weighted by atomic mass is 32.2. The molecule has 3 aromatic rings. The third kappa shape index (κ3) is 2.55. The summed E-state index contributed by atoms with van der Waals surface area (Å²) in [5, 5.41) is 13.2. The van der Waals surface area contributed by atoms with E-state index < -0.39 is 0 Å². The van der Waals surface area contributed by atoms with Crippen molar-refractivity contribution in [2.24, 2.45) is 0 Å². The lowest BCUT2D eigenvalue weighted by Gasteiger charge is -2.09. The fraction of sp³-hybridized carbons (Fsp3) is 0. The molecule has 5 heteroatoms. The largest absolute Gasteiger partial charge is 0.398 e. The zero-order valence-corrected chi connectivity index (χ0v) is 11.8. The molecule has 0 aliphatic carbocycles. The van der Waals surface area contributed by atoms with E-state index in [4.69, 9.17) is 5.73 Å². The second kappa shape index (κ2) is 5.46. The molecule has 0 aromatic heterocycles. The average Bonchev–Trinajstić information content (AvgIpc) is 2.50. The van der Waals surface area contributed by atoms with E-state index in [-0.39, 0.29) is 10.6 Å². The van der Waals surface area contributed by atoms with Gasteiger partial charge >= 0.3 is 0 Å². The molecule has 21 heavy (non-hydrogen) atoms. The molecule has 0 unspecified atom stereocenters. The molecule has 0 fully saturated rings. The van der Waals surface area contributed by atoms with Gasteiger partial charge in [-0.1, -0.05) is 54.2 Å². The molecule has 0 atom stereocenters. The summed E-state index contributed by atoms with van der Waals surface area (Å²) in [7, 11) is 0. The van der Waals surface area contributed by atoms with Gasteiger partial charge in [0, 0.05) is 16.6 Å². The first-order chi connectivity index (χ1) is 10.2. The van der Waals surface area contributed by atoms with Crippen LogP contribution >= 0.6 is 11.8 Å². The first-order valence-electron chi connectivity index (χ1n) is 6.35. The first-order valence-corrected chi connectivity index (χ1v) is 7.17. The zero-order chi connectivity index (χ0) is 14.8. The number of nitro benzene ring substituents is 1. The zero-order valence-electron chi connectivity index (χ0n) is 11.0. The van der Waals surface area contributed by atoms with Gasteiger partial charge in [0.05, 0.1) is 9.82 Å². The Morgan fingerprint density at radius 1 is 0.952 bits per heavy atom. The lowest BCUT2D eigenvalue weighted by Crippen LogP contribution is -1.93. The molecule has 3 rings (SSSR count). The van der Waals surface area contributed by atoms with Crippen molar-refractivity contribution >= 4 is 33.9 Å². The Hall–Kier alpha value is -2.53. The second-order valence-corrected chi connectivity index (χ2v) is 5.58. The van der Waals surface area contributed by atoms with Crippen LogP contribution in [0.3, 0.4) is 0 Å². The summed E-state index contributed by atoms with van der Waals surface area (Å²) < 4.78 is 0.